The number of carbonyl (C=O) groups excluding carboxylic acids is 1. The van der Waals surface area contributed by atoms with Gasteiger partial charge in [-0.3, -0.25) is 15.0 Å². The first-order chi connectivity index (χ1) is 11.5. The smallest absolute Gasteiger partial charge is 0.319 e. The maximum absolute atomic E-state index is 12.0. The van der Waals surface area contributed by atoms with Crippen LogP contribution in [0.2, 0.25) is 0 Å². The number of piperidine rings is 1. The predicted octanol–water partition coefficient (Wildman–Crippen LogP) is 2.60. The molecule has 8 nitrogen and oxygen atoms in total. The summed E-state index contributed by atoms with van der Waals surface area (Å²) in [4.78, 5) is 24.9. The molecule has 0 spiro atoms. The van der Waals surface area contributed by atoms with Crippen LogP contribution in [0.4, 0.5) is 16.2 Å². The van der Waals surface area contributed by atoms with Crippen molar-refractivity contribution in [1.82, 2.24) is 10.2 Å². The zero-order valence-corrected chi connectivity index (χ0v) is 14.1. The van der Waals surface area contributed by atoms with Crippen LogP contribution in [0.3, 0.4) is 0 Å². The van der Waals surface area contributed by atoms with Crippen LogP contribution in [-0.2, 0) is 0 Å². The Morgan fingerprint density at radius 1 is 1.46 bits per heavy atom. The quantitative estimate of drug-likeness (QED) is 0.615. The van der Waals surface area contributed by atoms with Crippen molar-refractivity contribution in [3.05, 3.63) is 28.3 Å². The number of urea groups is 1. The summed E-state index contributed by atoms with van der Waals surface area (Å²) in [5.74, 6) is 0.367. The molecular weight excluding hydrogens is 312 g/mol. The number of hydrogen-bond acceptors (Lipinski definition) is 5. The Kier molecular flexibility index (Phi) is 6.36. The molecule has 1 atom stereocenters. The Morgan fingerprint density at radius 3 is 2.92 bits per heavy atom. The molecule has 0 aliphatic carbocycles. The Balaban J connectivity index is 1.87. The van der Waals surface area contributed by atoms with E-state index in [1.807, 2.05) is 0 Å². The molecule has 132 valence electrons. The number of nitro groups is 1. The van der Waals surface area contributed by atoms with Gasteiger partial charge in [0.05, 0.1) is 18.1 Å². The van der Waals surface area contributed by atoms with E-state index in [0.717, 1.165) is 13.1 Å². The van der Waals surface area contributed by atoms with Crippen LogP contribution in [0.15, 0.2) is 18.2 Å². The molecule has 1 aliphatic rings. The molecule has 1 aromatic carbocycles. The Hall–Kier alpha value is -2.35. The molecule has 2 rings (SSSR count). The first-order valence-electron chi connectivity index (χ1n) is 8.12. The third kappa shape index (κ3) is 4.82. The minimum atomic E-state index is -0.548. The zero-order chi connectivity index (χ0) is 17.5. The molecule has 8 heteroatoms. The number of anilines is 1. The number of benzene rings is 1. The average Bonchev–Trinajstić information content (AvgIpc) is 2.56. The lowest BCUT2D eigenvalue weighted by atomic mass is 10.0. The molecule has 1 unspecified atom stereocenters. The van der Waals surface area contributed by atoms with Crippen molar-refractivity contribution in [2.24, 2.45) is 0 Å². The molecule has 24 heavy (non-hydrogen) atoms. The highest BCUT2D eigenvalue weighted by Gasteiger charge is 2.19. The number of rotatable bonds is 6. The molecule has 0 aromatic heterocycles. The lowest BCUT2D eigenvalue weighted by Crippen LogP contribution is -2.43. The molecule has 2 amide bonds. The first kappa shape index (κ1) is 18.0. The van der Waals surface area contributed by atoms with E-state index in [2.05, 4.69) is 22.5 Å². The third-order valence-corrected chi connectivity index (χ3v) is 4.27. The molecule has 1 saturated heterocycles. The fraction of sp³-hybridized carbons (Fsp3) is 0.562. The first-order valence-corrected chi connectivity index (χ1v) is 8.12. The van der Waals surface area contributed by atoms with Gasteiger partial charge in [-0.05, 0) is 38.4 Å². The molecular formula is C16H24N4O4. The second kappa shape index (κ2) is 8.49. The minimum absolute atomic E-state index is 0.143. The van der Waals surface area contributed by atoms with Gasteiger partial charge in [-0.2, -0.15) is 0 Å². The minimum Gasteiger partial charge on any atom is -0.496 e. The van der Waals surface area contributed by atoms with Gasteiger partial charge < -0.3 is 15.4 Å². The summed E-state index contributed by atoms with van der Waals surface area (Å²) in [7, 11) is 1.43. The number of methoxy groups -OCH3 is 1. The van der Waals surface area contributed by atoms with Crippen molar-refractivity contribution in [3.8, 4) is 5.75 Å². The standard InChI is InChI=1S/C16H24N4O4/c1-12-5-3-4-9-19(12)10-8-17-16(21)18-14-7-6-13(24-2)11-15(14)20(22)23/h6-7,11-12H,3-5,8-10H2,1-2H3,(H2,17,18,21). The largest absolute Gasteiger partial charge is 0.496 e. The number of nitrogens with zero attached hydrogens (tertiary/aromatic N) is 2. The number of nitro benzene ring substituents is 1. The van der Waals surface area contributed by atoms with Gasteiger partial charge in [0.25, 0.3) is 5.69 Å². The van der Waals surface area contributed by atoms with E-state index in [-0.39, 0.29) is 11.4 Å². The summed E-state index contributed by atoms with van der Waals surface area (Å²) in [5.41, 5.74) is -0.0567. The second-order valence-electron chi connectivity index (χ2n) is 5.90. The number of likely N-dealkylation sites (tertiary alicyclic amines) is 1. The van der Waals surface area contributed by atoms with Crippen molar-refractivity contribution in [1.29, 1.82) is 0 Å². The fourth-order valence-corrected chi connectivity index (χ4v) is 2.86. The summed E-state index contributed by atoms with van der Waals surface area (Å²) >= 11 is 0. The van der Waals surface area contributed by atoms with Crippen LogP contribution in [-0.4, -0.2) is 48.6 Å². The van der Waals surface area contributed by atoms with Gasteiger partial charge in [0.2, 0.25) is 0 Å². The number of nitrogens with one attached hydrogen (secondary N) is 2. The summed E-state index contributed by atoms with van der Waals surface area (Å²) in [6.07, 6.45) is 3.63. The Bertz CT molecular complexity index is 593. The van der Waals surface area contributed by atoms with Gasteiger partial charge in [0, 0.05) is 19.1 Å². The highest BCUT2D eigenvalue weighted by Crippen LogP contribution is 2.28. The van der Waals surface area contributed by atoms with Gasteiger partial charge in [-0.1, -0.05) is 6.42 Å². The van der Waals surface area contributed by atoms with Crippen LogP contribution >= 0.6 is 0 Å². The highest BCUT2D eigenvalue weighted by molar-refractivity contribution is 5.91. The van der Waals surface area contributed by atoms with Crippen LogP contribution in [0, 0.1) is 10.1 Å². The number of amides is 2. The molecule has 1 fully saturated rings. The molecule has 0 saturated carbocycles. The Morgan fingerprint density at radius 2 is 2.25 bits per heavy atom. The van der Waals surface area contributed by atoms with Gasteiger partial charge in [-0.25, -0.2) is 4.79 Å². The Labute approximate surface area is 141 Å². The van der Waals surface area contributed by atoms with E-state index >= 15 is 0 Å². The summed E-state index contributed by atoms with van der Waals surface area (Å²) in [6, 6.07) is 4.39. The fourth-order valence-electron chi connectivity index (χ4n) is 2.86. The van der Waals surface area contributed by atoms with Crippen molar-refractivity contribution < 1.29 is 14.5 Å². The molecule has 0 radical (unpaired) electrons. The van der Waals surface area contributed by atoms with E-state index in [0.29, 0.717) is 18.3 Å². The number of carbonyl (C=O) groups is 1. The van der Waals surface area contributed by atoms with Gasteiger partial charge in [0.1, 0.15) is 11.4 Å². The monoisotopic (exact) mass is 336 g/mol. The third-order valence-electron chi connectivity index (χ3n) is 4.27. The van der Waals surface area contributed by atoms with Crippen LogP contribution < -0.4 is 15.4 Å². The molecule has 2 N–H and O–H groups in total. The summed E-state index contributed by atoms with van der Waals surface area (Å²) < 4.78 is 4.97. The predicted molar refractivity (Wildman–Crippen MR) is 91.6 cm³/mol. The molecule has 1 aromatic rings. The lowest BCUT2D eigenvalue weighted by molar-refractivity contribution is -0.384. The lowest BCUT2D eigenvalue weighted by Gasteiger charge is -2.33. The average molecular weight is 336 g/mol. The van der Waals surface area contributed by atoms with Gasteiger partial charge in [-0.15, -0.1) is 0 Å². The van der Waals surface area contributed by atoms with Crippen LogP contribution in [0.5, 0.6) is 5.75 Å². The SMILES string of the molecule is COc1ccc(NC(=O)NCCN2CCCCC2C)c([N+](=O)[O-])c1. The maximum Gasteiger partial charge on any atom is 0.319 e. The molecule has 1 heterocycles. The topological polar surface area (TPSA) is 96.7 Å². The normalized spacial score (nSPS) is 18.0. The van der Waals surface area contributed by atoms with Crippen molar-refractivity contribution in [3.63, 3.8) is 0 Å². The number of ether oxygens (including phenoxy) is 1. The van der Waals surface area contributed by atoms with E-state index in [1.165, 1.54) is 38.5 Å². The van der Waals surface area contributed by atoms with Crippen molar-refractivity contribution in [2.45, 2.75) is 32.2 Å². The molecule has 0 bridgehead atoms. The van der Waals surface area contributed by atoms with Gasteiger partial charge in [0.15, 0.2) is 0 Å². The van der Waals surface area contributed by atoms with E-state index < -0.39 is 11.0 Å². The van der Waals surface area contributed by atoms with Crippen LogP contribution in [0.1, 0.15) is 26.2 Å². The van der Waals surface area contributed by atoms with Crippen molar-refractivity contribution in [2.75, 3.05) is 32.1 Å². The van der Waals surface area contributed by atoms with E-state index in [9.17, 15) is 14.9 Å². The second-order valence-corrected chi connectivity index (χ2v) is 5.90. The maximum atomic E-state index is 12.0. The van der Waals surface area contributed by atoms with E-state index in [4.69, 9.17) is 4.74 Å². The van der Waals surface area contributed by atoms with Crippen molar-refractivity contribution >= 4 is 17.4 Å². The number of hydrogen-bond donors (Lipinski definition) is 2. The van der Waals surface area contributed by atoms with Crippen LogP contribution in [0.25, 0.3) is 0 Å². The van der Waals surface area contributed by atoms with Gasteiger partial charge >= 0.3 is 6.03 Å². The molecule has 1 aliphatic heterocycles. The summed E-state index contributed by atoms with van der Waals surface area (Å²) in [6.45, 7) is 4.52. The zero-order valence-electron chi connectivity index (χ0n) is 14.1. The highest BCUT2D eigenvalue weighted by atomic mass is 16.6. The van der Waals surface area contributed by atoms with E-state index in [1.54, 1.807) is 6.07 Å². The summed E-state index contributed by atoms with van der Waals surface area (Å²) in [5, 5.41) is 16.4.